The van der Waals surface area contributed by atoms with Gasteiger partial charge < -0.3 is 14.5 Å². The normalized spacial score (nSPS) is 12.4. The Bertz CT molecular complexity index is 269. The number of carbonyl (C=O) groups is 1. The molecule has 14 heavy (non-hydrogen) atoms. The van der Waals surface area contributed by atoms with Gasteiger partial charge in [0.25, 0.3) is 0 Å². The summed E-state index contributed by atoms with van der Waals surface area (Å²) in [5.74, 6) is 0.666. The van der Waals surface area contributed by atoms with Crippen molar-refractivity contribution in [1.29, 1.82) is 0 Å². The first-order valence-corrected chi connectivity index (χ1v) is 4.57. The van der Waals surface area contributed by atoms with E-state index in [4.69, 9.17) is 4.42 Å². The van der Waals surface area contributed by atoms with E-state index >= 15 is 0 Å². The molecule has 0 fully saturated rings. The molecule has 1 unspecified atom stereocenters. The molecule has 0 aromatic carbocycles. The van der Waals surface area contributed by atoms with Gasteiger partial charge in [0.1, 0.15) is 5.76 Å². The predicted molar refractivity (Wildman–Crippen MR) is 51.8 cm³/mol. The molecule has 0 amide bonds. The smallest absolute Gasteiger partial charge is 0.306 e. The number of rotatable bonds is 5. The molecule has 1 heterocycles. The van der Waals surface area contributed by atoms with Gasteiger partial charge in [0.2, 0.25) is 0 Å². The molecule has 4 heteroatoms. The molecule has 4 nitrogen and oxygen atoms in total. The van der Waals surface area contributed by atoms with Crippen LogP contribution >= 0.6 is 0 Å². The highest BCUT2D eigenvalue weighted by atomic mass is 16.5. The maximum Gasteiger partial charge on any atom is 0.306 e. The Morgan fingerprint density at radius 2 is 2.50 bits per heavy atom. The van der Waals surface area contributed by atoms with Crippen molar-refractivity contribution in [2.45, 2.75) is 19.4 Å². The highest BCUT2D eigenvalue weighted by molar-refractivity contribution is 5.69. The van der Waals surface area contributed by atoms with Gasteiger partial charge in [-0.3, -0.25) is 4.79 Å². The van der Waals surface area contributed by atoms with Crippen LogP contribution in [0.1, 0.15) is 25.1 Å². The Morgan fingerprint density at radius 3 is 3.07 bits per heavy atom. The minimum atomic E-state index is -0.204. The van der Waals surface area contributed by atoms with Crippen LogP contribution in [0.15, 0.2) is 22.8 Å². The molecule has 78 valence electrons. The summed E-state index contributed by atoms with van der Waals surface area (Å²) in [5, 5.41) is 3.16. The van der Waals surface area contributed by atoms with Crippen LogP contribution in [-0.2, 0) is 9.53 Å². The molecule has 0 spiro atoms. The van der Waals surface area contributed by atoms with Crippen LogP contribution in [0, 0.1) is 0 Å². The van der Waals surface area contributed by atoms with E-state index in [9.17, 15) is 4.79 Å². The van der Waals surface area contributed by atoms with Crippen molar-refractivity contribution in [3.8, 4) is 0 Å². The van der Waals surface area contributed by atoms with Gasteiger partial charge in [-0.2, -0.15) is 0 Å². The third-order valence-electron chi connectivity index (χ3n) is 1.98. The van der Waals surface area contributed by atoms with Gasteiger partial charge in [0.15, 0.2) is 0 Å². The van der Waals surface area contributed by atoms with Crippen molar-refractivity contribution in [3.05, 3.63) is 24.2 Å². The van der Waals surface area contributed by atoms with Crippen LogP contribution in [0.3, 0.4) is 0 Å². The molecular formula is C10H15NO3. The second-order valence-electron chi connectivity index (χ2n) is 3.02. The van der Waals surface area contributed by atoms with Gasteiger partial charge >= 0.3 is 5.97 Å². The van der Waals surface area contributed by atoms with Crippen molar-refractivity contribution in [2.75, 3.05) is 13.7 Å². The minimum absolute atomic E-state index is 0.120. The molecule has 1 aromatic heterocycles. The number of furan rings is 1. The summed E-state index contributed by atoms with van der Waals surface area (Å²) in [5.41, 5.74) is 0. The number of esters is 1. The fourth-order valence-corrected chi connectivity index (χ4v) is 1.13. The Labute approximate surface area is 83.2 Å². The standard InChI is InChI=1S/C10H15NO3/c1-8(9-4-3-7-14-9)11-6-5-10(12)13-2/h3-4,7-8,11H,5-6H2,1-2H3. The van der Waals surface area contributed by atoms with Crippen LogP contribution < -0.4 is 5.32 Å². The topological polar surface area (TPSA) is 51.5 Å². The lowest BCUT2D eigenvalue weighted by atomic mass is 10.2. The molecule has 0 saturated carbocycles. The van der Waals surface area contributed by atoms with E-state index < -0.39 is 0 Å². The summed E-state index contributed by atoms with van der Waals surface area (Å²) in [4.78, 5) is 10.8. The Kier molecular flexibility index (Phi) is 4.19. The molecular weight excluding hydrogens is 182 g/mol. The quantitative estimate of drug-likeness (QED) is 0.727. The summed E-state index contributed by atoms with van der Waals surface area (Å²) < 4.78 is 9.72. The van der Waals surface area contributed by atoms with E-state index in [0.29, 0.717) is 13.0 Å². The van der Waals surface area contributed by atoms with Crippen LogP contribution in [-0.4, -0.2) is 19.6 Å². The van der Waals surface area contributed by atoms with Gasteiger partial charge in [-0.25, -0.2) is 0 Å². The maximum atomic E-state index is 10.8. The largest absolute Gasteiger partial charge is 0.469 e. The number of hydrogen-bond donors (Lipinski definition) is 1. The number of methoxy groups -OCH3 is 1. The third kappa shape index (κ3) is 3.22. The van der Waals surface area contributed by atoms with Gasteiger partial charge in [-0.15, -0.1) is 0 Å². The molecule has 1 aromatic rings. The van der Waals surface area contributed by atoms with Crippen LogP contribution in [0.2, 0.25) is 0 Å². The zero-order valence-electron chi connectivity index (χ0n) is 8.45. The summed E-state index contributed by atoms with van der Waals surface area (Å²) in [6.45, 7) is 2.57. The fraction of sp³-hybridized carbons (Fsp3) is 0.500. The van der Waals surface area contributed by atoms with Crippen LogP contribution in [0.25, 0.3) is 0 Å². The molecule has 0 aliphatic carbocycles. The zero-order valence-corrected chi connectivity index (χ0v) is 8.45. The Balaban J connectivity index is 2.22. The number of nitrogens with one attached hydrogen (secondary N) is 1. The molecule has 0 aliphatic rings. The molecule has 1 rings (SSSR count). The number of hydrogen-bond acceptors (Lipinski definition) is 4. The van der Waals surface area contributed by atoms with Crippen molar-refractivity contribution in [1.82, 2.24) is 5.32 Å². The van der Waals surface area contributed by atoms with Crippen molar-refractivity contribution >= 4 is 5.97 Å². The van der Waals surface area contributed by atoms with Crippen molar-refractivity contribution in [2.24, 2.45) is 0 Å². The lowest BCUT2D eigenvalue weighted by Crippen LogP contribution is -2.22. The Morgan fingerprint density at radius 1 is 1.71 bits per heavy atom. The maximum absolute atomic E-state index is 10.8. The summed E-state index contributed by atoms with van der Waals surface area (Å²) in [6.07, 6.45) is 2.01. The number of ether oxygens (including phenoxy) is 1. The lowest BCUT2D eigenvalue weighted by Gasteiger charge is -2.09. The second-order valence-corrected chi connectivity index (χ2v) is 3.02. The molecule has 0 radical (unpaired) electrons. The Hall–Kier alpha value is -1.29. The van der Waals surface area contributed by atoms with E-state index in [0.717, 1.165) is 5.76 Å². The van der Waals surface area contributed by atoms with E-state index in [1.807, 2.05) is 19.1 Å². The highest BCUT2D eigenvalue weighted by Gasteiger charge is 2.07. The molecule has 1 atom stereocenters. The van der Waals surface area contributed by atoms with E-state index in [1.54, 1.807) is 6.26 Å². The van der Waals surface area contributed by atoms with E-state index in [-0.39, 0.29) is 12.0 Å². The molecule has 0 aliphatic heterocycles. The van der Waals surface area contributed by atoms with Gasteiger partial charge in [-0.05, 0) is 19.1 Å². The van der Waals surface area contributed by atoms with Crippen molar-refractivity contribution in [3.63, 3.8) is 0 Å². The van der Waals surface area contributed by atoms with Crippen LogP contribution in [0.4, 0.5) is 0 Å². The minimum Gasteiger partial charge on any atom is -0.469 e. The summed E-state index contributed by atoms with van der Waals surface area (Å²) in [7, 11) is 1.39. The highest BCUT2D eigenvalue weighted by Crippen LogP contribution is 2.11. The van der Waals surface area contributed by atoms with Crippen LogP contribution in [0.5, 0.6) is 0 Å². The molecule has 0 bridgehead atoms. The first-order chi connectivity index (χ1) is 6.74. The van der Waals surface area contributed by atoms with Crippen molar-refractivity contribution < 1.29 is 13.9 Å². The second kappa shape index (κ2) is 5.44. The molecule has 0 saturated heterocycles. The third-order valence-corrected chi connectivity index (χ3v) is 1.98. The van der Waals surface area contributed by atoms with Gasteiger partial charge in [0, 0.05) is 6.54 Å². The average molecular weight is 197 g/mol. The number of carbonyl (C=O) groups excluding carboxylic acids is 1. The first kappa shape index (κ1) is 10.8. The SMILES string of the molecule is COC(=O)CCNC(C)c1ccco1. The van der Waals surface area contributed by atoms with Gasteiger partial charge in [-0.1, -0.05) is 0 Å². The molecule has 1 N–H and O–H groups in total. The van der Waals surface area contributed by atoms with E-state index in [2.05, 4.69) is 10.1 Å². The summed E-state index contributed by atoms with van der Waals surface area (Å²) >= 11 is 0. The predicted octanol–water partition coefficient (Wildman–Crippen LogP) is 1.49. The average Bonchev–Trinajstić information content (AvgIpc) is 2.70. The summed E-state index contributed by atoms with van der Waals surface area (Å²) in [6, 6.07) is 3.86. The van der Waals surface area contributed by atoms with Gasteiger partial charge in [0.05, 0.1) is 25.8 Å². The first-order valence-electron chi connectivity index (χ1n) is 4.57. The fourth-order valence-electron chi connectivity index (χ4n) is 1.13. The monoisotopic (exact) mass is 197 g/mol. The van der Waals surface area contributed by atoms with E-state index in [1.165, 1.54) is 7.11 Å². The lowest BCUT2D eigenvalue weighted by molar-refractivity contribution is -0.140. The zero-order chi connectivity index (χ0) is 10.4.